The second-order valence-electron chi connectivity index (χ2n) is 7.87. The minimum absolute atomic E-state index is 0.0837. The number of ether oxygens (including phenoxy) is 1. The number of hydrogen-bond acceptors (Lipinski definition) is 6. The first-order chi connectivity index (χ1) is 13.3. The summed E-state index contributed by atoms with van der Waals surface area (Å²) in [6.45, 7) is 1.71. The molecule has 1 aromatic heterocycles. The van der Waals surface area contributed by atoms with Gasteiger partial charge in [0.15, 0.2) is 9.84 Å². The predicted octanol–water partition coefficient (Wildman–Crippen LogP) is 3.13. The van der Waals surface area contributed by atoms with E-state index in [1.807, 2.05) is 0 Å². The predicted molar refractivity (Wildman–Crippen MR) is 107 cm³/mol. The number of carbonyl (C=O) groups is 1. The molecule has 0 bridgehead atoms. The average molecular weight is 408 g/mol. The van der Waals surface area contributed by atoms with E-state index in [0.717, 1.165) is 56.0 Å². The van der Waals surface area contributed by atoms with Gasteiger partial charge in [-0.15, -0.1) is 0 Å². The van der Waals surface area contributed by atoms with Crippen LogP contribution < -0.4 is 10.1 Å². The molecule has 2 aliphatic rings. The van der Waals surface area contributed by atoms with E-state index in [-0.39, 0.29) is 12.0 Å². The molecule has 0 spiro atoms. The molecule has 1 aromatic rings. The monoisotopic (exact) mass is 407 g/mol. The third-order valence-corrected chi connectivity index (χ3v) is 5.94. The molecule has 2 aliphatic carbocycles. The van der Waals surface area contributed by atoms with Crippen molar-refractivity contribution in [2.45, 2.75) is 76.4 Å². The highest BCUT2D eigenvalue weighted by atomic mass is 32.2. The molecular weight excluding hydrogens is 378 g/mol. The van der Waals surface area contributed by atoms with Gasteiger partial charge in [0.1, 0.15) is 17.5 Å². The van der Waals surface area contributed by atoms with Crippen molar-refractivity contribution in [2.75, 3.05) is 6.26 Å². The molecule has 7 nitrogen and oxygen atoms in total. The van der Waals surface area contributed by atoms with Gasteiger partial charge < -0.3 is 10.1 Å². The minimum Gasteiger partial charge on any atom is -0.474 e. The van der Waals surface area contributed by atoms with Crippen molar-refractivity contribution in [3.05, 3.63) is 29.1 Å². The molecule has 2 saturated carbocycles. The van der Waals surface area contributed by atoms with Crippen LogP contribution in [-0.2, 0) is 9.84 Å². The van der Waals surface area contributed by atoms with Gasteiger partial charge in [0, 0.05) is 29.8 Å². The Morgan fingerprint density at radius 3 is 2.50 bits per heavy atom. The van der Waals surface area contributed by atoms with Crippen LogP contribution in [0.5, 0.6) is 5.88 Å². The minimum atomic E-state index is -3.24. The third kappa shape index (κ3) is 5.77. The van der Waals surface area contributed by atoms with Crippen LogP contribution in [0.15, 0.2) is 17.7 Å². The van der Waals surface area contributed by atoms with E-state index in [4.69, 9.17) is 4.74 Å². The lowest BCUT2D eigenvalue weighted by Crippen LogP contribution is -2.32. The van der Waals surface area contributed by atoms with Crippen molar-refractivity contribution in [1.29, 1.82) is 0 Å². The number of rotatable bonds is 7. The smallest absolute Gasteiger partial charge is 0.258 e. The Morgan fingerprint density at radius 1 is 1.21 bits per heavy atom. The molecule has 154 valence electrons. The summed E-state index contributed by atoms with van der Waals surface area (Å²) in [5.41, 5.74) is 0.299. The molecule has 1 amide bonds. The molecule has 0 aliphatic heterocycles. The maximum Gasteiger partial charge on any atom is 0.258 e. The van der Waals surface area contributed by atoms with Crippen molar-refractivity contribution in [1.82, 2.24) is 15.3 Å². The second-order valence-corrected chi connectivity index (χ2v) is 9.80. The summed E-state index contributed by atoms with van der Waals surface area (Å²) < 4.78 is 28.6. The number of amides is 1. The molecule has 1 unspecified atom stereocenters. The zero-order valence-electron chi connectivity index (χ0n) is 16.6. The van der Waals surface area contributed by atoms with E-state index in [0.29, 0.717) is 17.4 Å². The van der Waals surface area contributed by atoms with E-state index in [2.05, 4.69) is 15.3 Å². The molecule has 3 rings (SSSR count). The maximum atomic E-state index is 12.8. The van der Waals surface area contributed by atoms with Crippen LogP contribution in [-0.4, -0.2) is 42.7 Å². The molecule has 0 saturated heterocycles. The zero-order chi connectivity index (χ0) is 20.1. The van der Waals surface area contributed by atoms with Crippen molar-refractivity contribution < 1.29 is 17.9 Å². The van der Waals surface area contributed by atoms with Gasteiger partial charge in [0.2, 0.25) is 5.88 Å². The normalized spacial score (nSPS) is 19.9. The van der Waals surface area contributed by atoms with E-state index in [9.17, 15) is 13.2 Å². The second kappa shape index (κ2) is 9.03. The van der Waals surface area contributed by atoms with Crippen LogP contribution in [0.4, 0.5) is 0 Å². The lowest BCUT2D eigenvalue weighted by Gasteiger charge is -2.18. The molecule has 1 atom stereocenters. The molecule has 2 fully saturated rings. The number of sulfone groups is 1. The summed E-state index contributed by atoms with van der Waals surface area (Å²) in [4.78, 5) is 21.8. The van der Waals surface area contributed by atoms with Gasteiger partial charge in [-0.1, -0.05) is 18.9 Å². The Labute approximate surface area is 166 Å². The van der Waals surface area contributed by atoms with Crippen LogP contribution in [0.3, 0.4) is 0 Å². The average Bonchev–Trinajstić information content (AvgIpc) is 3.33. The SMILES string of the molecule is CC(C=CS(C)(=O)=O)NC(=O)c1cnc(C2CCCC2)nc1OC1CCCC1. The Morgan fingerprint density at radius 2 is 1.86 bits per heavy atom. The molecule has 28 heavy (non-hydrogen) atoms. The molecule has 0 aromatic carbocycles. The van der Waals surface area contributed by atoms with Gasteiger partial charge in [0.05, 0.1) is 0 Å². The highest BCUT2D eigenvalue weighted by Gasteiger charge is 2.26. The Bertz CT molecular complexity index is 826. The van der Waals surface area contributed by atoms with Gasteiger partial charge in [-0.3, -0.25) is 4.79 Å². The maximum absolute atomic E-state index is 12.8. The first-order valence-electron chi connectivity index (χ1n) is 10.0. The van der Waals surface area contributed by atoms with E-state index in [1.165, 1.54) is 18.9 Å². The first kappa shape index (κ1) is 20.8. The fourth-order valence-electron chi connectivity index (χ4n) is 3.76. The van der Waals surface area contributed by atoms with Gasteiger partial charge >= 0.3 is 0 Å². The summed E-state index contributed by atoms with van der Waals surface area (Å²) in [7, 11) is -3.24. The zero-order valence-corrected chi connectivity index (χ0v) is 17.4. The van der Waals surface area contributed by atoms with Crippen molar-refractivity contribution >= 4 is 15.7 Å². The number of carbonyl (C=O) groups excluding carboxylic acids is 1. The summed E-state index contributed by atoms with van der Waals surface area (Å²) in [5, 5.41) is 3.86. The van der Waals surface area contributed by atoms with Crippen LogP contribution >= 0.6 is 0 Å². The van der Waals surface area contributed by atoms with Crippen molar-refractivity contribution in [2.24, 2.45) is 0 Å². The Kier molecular flexibility index (Phi) is 6.69. The summed E-state index contributed by atoms with van der Waals surface area (Å²) >= 11 is 0. The molecule has 1 heterocycles. The van der Waals surface area contributed by atoms with E-state index < -0.39 is 15.9 Å². The highest BCUT2D eigenvalue weighted by Crippen LogP contribution is 2.34. The first-order valence-corrected chi connectivity index (χ1v) is 12.0. The van der Waals surface area contributed by atoms with Gasteiger partial charge in [-0.2, -0.15) is 4.98 Å². The molecule has 8 heteroatoms. The van der Waals surface area contributed by atoms with Gasteiger partial charge in [-0.05, 0) is 45.4 Å². The van der Waals surface area contributed by atoms with Crippen LogP contribution in [0.2, 0.25) is 0 Å². The van der Waals surface area contributed by atoms with Gasteiger partial charge in [0.25, 0.3) is 5.91 Å². The molecular formula is C20H29N3O4S. The largest absolute Gasteiger partial charge is 0.474 e. The standard InChI is InChI=1S/C20H29N3O4S/c1-14(11-12-28(2,25)26)22-19(24)17-13-21-18(15-7-3-4-8-15)23-20(17)27-16-9-5-6-10-16/h11-16H,3-10H2,1-2H3,(H,22,24). The summed E-state index contributed by atoms with van der Waals surface area (Å²) in [5.74, 6) is 1.07. The fourth-order valence-corrected chi connectivity index (χ4v) is 4.28. The van der Waals surface area contributed by atoms with Crippen LogP contribution in [0.1, 0.15) is 80.4 Å². The van der Waals surface area contributed by atoms with E-state index in [1.54, 1.807) is 13.1 Å². The summed E-state index contributed by atoms with van der Waals surface area (Å²) in [6.07, 6.45) is 12.9. The number of nitrogens with zero attached hydrogens (tertiary/aromatic N) is 2. The van der Waals surface area contributed by atoms with Gasteiger partial charge in [-0.25, -0.2) is 13.4 Å². The Hall–Kier alpha value is -1.96. The third-order valence-electron chi connectivity index (χ3n) is 5.29. The number of hydrogen-bond donors (Lipinski definition) is 1. The lowest BCUT2D eigenvalue weighted by molar-refractivity contribution is 0.0937. The number of aromatic nitrogens is 2. The topological polar surface area (TPSA) is 98.2 Å². The van der Waals surface area contributed by atoms with Crippen molar-refractivity contribution in [3.63, 3.8) is 0 Å². The van der Waals surface area contributed by atoms with Crippen molar-refractivity contribution in [3.8, 4) is 5.88 Å². The Balaban J connectivity index is 1.79. The number of nitrogens with one attached hydrogen (secondary N) is 1. The molecule has 1 N–H and O–H groups in total. The quantitative estimate of drug-likeness (QED) is 0.746. The highest BCUT2D eigenvalue weighted by molar-refractivity contribution is 7.93. The lowest BCUT2D eigenvalue weighted by atomic mass is 10.1. The summed E-state index contributed by atoms with van der Waals surface area (Å²) in [6, 6.07) is -0.448. The van der Waals surface area contributed by atoms with Crippen LogP contribution in [0.25, 0.3) is 0 Å². The van der Waals surface area contributed by atoms with Crippen LogP contribution in [0, 0.1) is 0 Å². The molecule has 0 radical (unpaired) electrons. The van der Waals surface area contributed by atoms with E-state index >= 15 is 0 Å². The fraction of sp³-hybridized carbons (Fsp3) is 0.650.